The third-order valence-electron chi connectivity index (χ3n) is 5.94. The van der Waals surface area contributed by atoms with Crippen LogP contribution >= 0.6 is 34.9 Å². The molecule has 0 spiro atoms. The number of aromatic nitrogens is 2. The second-order valence-corrected chi connectivity index (χ2v) is 11.4. The summed E-state index contributed by atoms with van der Waals surface area (Å²) < 4.78 is 2.03. The highest BCUT2D eigenvalue weighted by atomic mass is 32.2. The Morgan fingerprint density at radius 2 is 1.33 bits per heavy atom. The Hall–Kier alpha value is -2.86. The zero-order chi connectivity index (χ0) is 22.2. The predicted molar refractivity (Wildman–Crippen MR) is 146 cm³/mol. The minimum Gasteiger partial charge on any atom is -0.131 e. The molecule has 0 radical (unpaired) electrons. The Kier molecular flexibility index (Phi) is 5.54. The summed E-state index contributed by atoms with van der Waals surface area (Å²) >= 11 is 5.19. The second kappa shape index (κ2) is 8.82. The standard InChI is InChI=1S/C28H20N2S3/c1-2-18-6-8-19(9-7-18)16-31-27-29-30-28(33-27)32-17-23-13-12-22-11-10-20-4-3-5-21-14-15-24(23)26(22)25(20)21/h2-15H,1,16-17H2. The molecule has 0 aliphatic carbocycles. The molecule has 2 nitrogen and oxygen atoms in total. The maximum absolute atomic E-state index is 4.43. The third kappa shape index (κ3) is 4.01. The lowest BCUT2D eigenvalue weighted by Crippen LogP contribution is -1.88. The molecule has 0 atom stereocenters. The van der Waals surface area contributed by atoms with Crippen molar-refractivity contribution in [1.82, 2.24) is 10.2 Å². The van der Waals surface area contributed by atoms with E-state index in [0.717, 1.165) is 25.7 Å². The fourth-order valence-corrected chi connectivity index (χ4v) is 7.25. The number of thioether (sulfide) groups is 2. The van der Waals surface area contributed by atoms with Crippen molar-refractivity contribution < 1.29 is 0 Å². The average molecular weight is 481 g/mol. The van der Waals surface area contributed by atoms with Crippen LogP contribution in [-0.4, -0.2) is 10.2 Å². The van der Waals surface area contributed by atoms with Gasteiger partial charge in [0, 0.05) is 11.5 Å². The van der Waals surface area contributed by atoms with Crippen LogP contribution in [0.5, 0.6) is 0 Å². The first-order chi connectivity index (χ1) is 16.3. The molecule has 0 saturated carbocycles. The molecular formula is C28H20N2S3. The molecule has 6 rings (SSSR count). The summed E-state index contributed by atoms with van der Waals surface area (Å²) in [6.45, 7) is 3.81. The quantitative estimate of drug-likeness (QED) is 0.169. The Bertz CT molecular complexity index is 1570. The van der Waals surface area contributed by atoms with E-state index in [9.17, 15) is 0 Å². The van der Waals surface area contributed by atoms with Crippen LogP contribution in [0.3, 0.4) is 0 Å². The molecule has 5 heteroatoms. The van der Waals surface area contributed by atoms with Crippen molar-refractivity contribution in [2.24, 2.45) is 0 Å². The van der Waals surface area contributed by atoms with E-state index in [0.29, 0.717) is 0 Å². The van der Waals surface area contributed by atoms with Gasteiger partial charge in [-0.1, -0.05) is 126 Å². The fraction of sp³-hybridized carbons (Fsp3) is 0.0714. The van der Waals surface area contributed by atoms with E-state index < -0.39 is 0 Å². The van der Waals surface area contributed by atoms with Crippen LogP contribution in [0.25, 0.3) is 38.4 Å². The number of benzene rings is 5. The second-order valence-electron chi connectivity index (χ2n) is 7.94. The third-order valence-corrected chi connectivity index (χ3v) is 9.25. The summed E-state index contributed by atoms with van der Waals surface area (Å²) in [5, 5.41) is 16.8. The largest absolute Gasteiger partial charge is 0.175 e. The number of rotatable bonds is 7. The average Bonchev–Trinajstić information content (AvgIpc) is 3.33. The van der Waals surface area contributed by atoms with Gasteiger partial charge >= 0.3 is 0 Å². The molecule has 160 valence electrons. The molecule has 0 saturated heterocycles. The molecule has 0 aliphatic rings. The lowest BCUT2D eigenvalue weighted by atomic mass is 9.92. The molecule has 0 aliphatic heterocycles. The summed E-state index contributed by atoms with van der Waals surface area (Å²) in [6.07, 6.45) is 1.87. The summed E-state index contributed by atoms with van der Waals surface area (Å²) in [6, 6.07) is 28.5. The number of nitrogens with zero attached hydrogens (tertiary/aromatic N) is 2. The molecule has 0 bridgehead atoms. The monoisotopic (exact) mass is 480 g/mol. The van der Waals surface area contributed by atoms with Crippen molar-refractivity contribution in [2.75, 3.05) is 0 Å². The van der Waals surface area contributed by atoms with Crippen molar-refractivity contribution in [3.05, 3.63) is 102 Å². The first-order valence-electron chi connectivity index (χ1n) is 10.7. The maximum atomic E-state index is 4.43. The van der Waals surface area contributed by atoms with Crippen LogP contribution in [0.4, 0.5) is 0 Å². The summed E-state index contributed by atoms with van der Waals surface area (Å²) in [5.41, 5.74) is 3.77. The van der Waals surface area contributed by atoms with Crippen molar-refractivity contribution in [3.8, 4) is 0 Å². The molecule has 5 aromatic carbocycles. The maximum Gasteiger partial charge on any atom is 0.175 e. The van der Waals surface area contributed by atoms with Crippen LogP contribution < -0.4 is 0 Å². The van der Waals surface area contributed by atoms with E-state index in [-0.39, 0.29) is 0 Å². The lowest BCUT2D eigenvalue weighted by Gasteiger charge is -2.13. The van der Waals surface area contributed by atoms with Crippen LogP contribution in [0, 0.1) is 0 Å². The van der Waals surface area contributed by atoms with Crippen LogP contribution in [0.1, 0.15) is 16.7 Å². The van der Waals surface area contributed by atoms with E-state index in [1.807, 2.05) is 6.08 Å². The van der Waals surface area contributed by atoms with Gasteiger partial charge in [-0.3, -0.25) is 0 Å². The van der Waals surface area contributed by atoms with E-state index in [1.54, 1.807) is 34.9 Å². The molecule has 0 fully saturated rings. The van der Waals surface area contributed by atoms with Crippen molar-refractivity contribution in [1.29, 1.82) is 0 Å². The molecule has 1 aromatic heterocycles. The summed E-state index contributed by atoms with van der Waals surface area (Å²) in [4.78, 5) is 0. The molecule has 33 heavy (non-hydrogen) atoms. The molecule has 6 aromatic rings. The van der Waals surface area contributed by atoms with E-state index in [2.05, 4.69) is 95.6 Å². The highest BCUT2D eigenvalue weighted by Gasteiger charge is 2.12. The Morgan fingerprint density at radius 3 is 2.06 bits per heavy atom. The lowest BCUT2D eigenvalue weighted by molar-refractivity contribution is 0.954. The van der Waals surface area contributed by atoms with E-state index in [1.165, 1.54) is 43.4 Å². The molecule has 0 unspecified atom stereocenters. The van der Waals surface area contributed by atoms with E-state index in [4.69, 9.17) is 0 Å². The summed E-state index contributed by atoms with van der Waals surface area (Å²) in [5.74, 6) is 1.78. The van der Waals surface area contributed by atoms with Gasteiger partial charge in [0.2, 0.25) is 0 Å². The van der Waals surface area contributed by atoms with Gasteiger partial charge in [-0.2, -0.15) is 0 Å². The highest BCUT2D eigenvalue weighted by Crippen LogP contribution is 2.38. The predicted octanol–water partition coefficient (Wildman–Crippen LogP) is 8.66. The SMILES string of the molecule is C=Cc1ccc(CSc2nnc(SCc3ccc4ccc5cccc6ccc3c4c56)s2)cc1. The van der Waals surface area contributed by atoms with Crippen molar-refractivity contribution >= 4 is 73.3 Å². The van der Waals surface area contributed by atoms with Crippen molar-refractivity contribution in [3.63, 3.8) is 0 Å². The zero-order valence-electron chi connectivity index (χ0n) is 17.8. The van der Waals surface area contributed by atoms with Gasteiger partial charge in [-0.15, -0.1) is 10.2 Å². The number of hydrogen-bond donors (Lipinski definition) is 0. The Labute approximate surface area is 205 Å². The van der Waals surface area contributed by atoms with Gasteiger partial charge in [-0.25, -0.2) is 0 Å². The van der Waals surface area contributed by atoms with Gasteiger partial charge in [-0.05, 0) is 49.0 Å². The van der Waals surface area contributed by atoms with Crippen LogP contribution in [0.15, 0.2) is 94.1 Å². The minimum absolute atomic E-state index is 0.885. The van der Waals surface area contributed by atoms with Crippen molar-refractivity contribution in [2.45, 2.75) is 20.2 Å². The summed E-state index contributed by atoms with van der Waals surface area (Å²) in [7, 11) is 0. The van der Waals surface area contributed by atoms with E-state index >= 15 is 0 Å². The van der Waals surface area contributed by atoms with Gasteiger partial charge in [0.05, 0.1) is 0 Å². The Balaban J connectivity index is 1.20. The minimum atomic E-state index is 0.885. The van der Waals surface area contributed by atoms with Crippen LogP contribution in [0.2, 0.25) is 0 Å². The molecular weight excluding hydrogens is 461 g/mol. The molecule has 0 N–H and O–H groups in total. The van der Waals surface area contributed by atoms with Gasteiger partial charge in [0.15, 0.2) is 8.68 Å². The van der Waals surface area contributed by atoms with Gasteiger partial charge in [0.1, 0.15) is 0 Å². The van der Waals surface area contributed by atoms with Gasteiger partial charge in [0.25, 0.3) is 0 Å². The fourth-order valence-electron chi connectivity index (χ4n) is 4.27. The topological polar surface area (TPSA) is 25.8 Å². The molecule has 0 amide bonds. The zero-order valence-corrected chi connectivity index (χ0v) is 20.3. The molecule has 1 heterocycles. The number of hydrogen-bond acceptors (Lipinski definition) is 5. The highest BCUT2D eigenvalue weighted by molar-refractivity contribution is 8.02. The van der Waals surface area contributed by atoms with Crippen LogP contribution in [-0.2, 0) is 11.5 Å². The normalized spacial score (nSPS) is 11.6. The smallest absolute Gasteiger partial charge is 0.131 e. The van der Waals surface area contributed by atoms with Gasteiger partial charge < -0.3 is 0 Å². The first kappa shape index (κ1) is 20.7. The first-order valence-corrected chi connectivity index (χ1v) is 13.5. The Morgan fingerprint density at radius 1 is 0.697 bits per heavy atom.